The van der Waals surface area contributed by atoms with Crippen molar-refractivity contribution in [3.63, 3.8) is 0 Å². The Bertz CT molecular complexity index is 571. The number of esters is 1. The molecule has 0 fully saturated rings. The standard InChI is InChI=1S/C13H18ClNO4S/c1-9(2)7-12(13(16)19-3)15-20(17,18)11-6-4-5-10(14)8-11/h4-6,8-9,12,15H,7H2,1-3H3. The van der Waals surface area contributed by atoms with Crippen LogP contribution in [0.15, 0.2) is 29.2 Å². The summed E-state index contributed by atoms with van der Waals surface area (Å²) < 4.78 is 31.4. The minimum absolute atomic E-state index is 0.0164. The molecule has 1 atom stereocenters. The zero-order valence-corrected chi connectivity index (χ0v) is 13.2. The summed E-state index contributed by atoms with van der Waals surface area (Å²) in [5.74, 6) is -0.467. The van der Waals surface area contributed by atoms with Crippen LogP contribution in [0.25, 0.3) is 0 Å². The van der Waals surface area contributed by atoms with E-state index >= 15 is 0 Å². The van der Waals surface area contributed by atoms with Gasteiger partial charge in [-0.25, -0.2) is 8.42 Å². The second-order valence-corrected chi connectivity index (χ2v) is 6.93. The highest BCUT2D eigenvalue weighted by molar-refractivity contribution is 7.89. The molecular weight excluding hydrogens is 302 g/mol. The average Bonchev–Trinajstić information content (AvgIpc) is 2.36. The van der Waals surface area contributed by atoms with Crippen LogP contribution in [0.5, 0.6) is 0 Å². The fourth-order valence-electron chi connectivity index (χ4n) is 1.70. The minimum atomic E-state index is -3.82. The van der Waals surface area contributed by atoms with Gasteiger partial charge in [0.2, 0.25) is 10.0 Å². The molecule has 1 unspecified atom stereocenters. The molecule has 0 aromatic heterocycles. The van der Waals surface area contributed by atoms with Crippen LogP contribution < -0.4 is 4.72 Å². The molecule has 5 nitrogen and oxygen atoms in total. The van der Waals surface area contributed by atoms with E-state index < -0.39 is 22.0 Å². The third-order valence-corrected chi connectivity index (χ3v) is 4.30. The number of methoxy groups -OCH3 is 1. The predicted molar refractivity (Wildman–Crippen MR) is 77.0 cm³/mol. The summed E-state index contributed by atoms with van der Waals surface area (Å²) >= 11 is 5.78. The molecule has 0 amide bonds. The molecule has 0 radical (unpaired) electrons. The van der Waals surface area contributed by atoms with Crippen molar-refractivity contribution in [3.05, 3.63) is 29.3 Å². The van der Waals surface area contributed by atoms with Gasteiger partial charge in [0, 0.05) is 5.02 Å². The van der Waals surface area contributed by atoms with E-state index in [4.69, 9.17) is 11.6 Å². The second kappa shape index (κ2) is 7.06. The molecule has 0 aliphatic rings. The molecule has 1 aromatic rings. The molecule has 1 N–H and O–H groups in total. The summed E-state index contributed by atoms with van der Waals surface area (Å²) in [6, 6.07) is 4.94. The number of ether oxygens (including phenoxy) is 1. The van der Waals surface area contributed by atoms with E-state index in [0.717, 1.165) is 0 Å². The Hall–Kier alpha value is -1.11. The Labute approximate surface area is 124 Å². The van der Waals surface area contributed by atoms with E-state index in [1.54, 1.807) is 6.07 Å². The fourth-order valence-corrected chi connectivity index (χ4v) is 3.19. The molecule has 0 bridgehead atoms. The number of benzene rings is 1. The molecule has 1 rings (SSSR count). The summed E-state index contributed by atoms with van der Waals surface area (Å²) in [5.41, 5.74) is 0. The summed E-state index contributed by atoms with van der Waals surface area (Å²) in [7, 11) is -2.59. The van der Waals surface area contributed by atoms with Gasteiger partial charge in [0.1, 0.15) is 6.04 Å². The topological polar surface area (TPSA) is 72.5 Å². The lowest BCUT2D eigenvalue weighted by Gasteiger charge is -2.18. The van der Waals surface area contributed by atoms with Crippen molar-refractivity contribution in [2.45, 2.75) is 31.2 Å². The van der Waals surface area contributed by atoms with Gasteiger partial charge in [-0.2, -0.15) is 4.72 Å². The maximum atomic E-state index is 12.2. The maximum absolute atomic E-state index is 12.2. The Kier molecular flexibility index (Phi) is 5.98. The van der Waals surface area contributed by atoms with Crippen LogP contribution >= 0.6 is 11.6 Å². The first-order valence-electron chi connectivity index (χ1n) is 6.12. The van der Waals surface area contributed by atoms with E-state index in [0.29, 0.717) is 11.4 Å². The number of carbonyl (C=O) groups is 1. The fraction of sp³-hybridized carbons (Fsp3) is 0.462. The number of halogens is 1. The van der Waals surface area contributed by atoms with Gasteiger partial charge < -0.3 is 4.74 Å². The lowest BCUT2D eigenvalue weighted by atomic mass is 10.1. The zero-order chi connectivity index (χ0) is 15.3. The summed E-state index contributed by atoms with van der Waals surface area (Å²) in [6.07, 6.45) is 0.354. The first-order chi connectivity index (χ1) is 9.26. The van der Waals surface area contributed by atoms with Gasteiger partial charge in [0.05, 0.1) is 12.0 Å². The largest absolute Gasteiger partial charge is 0.468 e. The van der Waals surface area contributed by atoms with Gasteiger partial charge in [0.25, 0.3) is 0 Å². The van der Waals surface area contributed by atoms with Crippen molar-refractivity contribution < 1.29 is 17.9 Å². The van der Waals surface area contributed by atoms with Crippen molar-refractivity contribution in [2.75, 3.05) is 7.11 Å². The summed E-state index contributed by atoms with van der Waals surface area (Å²) in [4.78, 5) is 11.7. The Morgan fingerprint density at radius 2 is 2.05 bits per heavy atom. The van der Waals surface area contributed by atoms with Crippen LogP contribution in [0.4, 0.5) is 0 Å². The Morgan fingerprint density at radius 1 is 1.40 bits per heavy atom. The number of carbonyl (C=O) groups excluding carboxylic acids is 1. The number of hydrogen-bond donors (Lipinski definition) is 1. The van der Waals surface area contributed by atoms with E-state index in [1.165, 1.54) is 25.3 Å². The smallest absolute Gasteiger partial charge is 0.323 e. The predicted octanol–water partition coefficient (Wildman–Crippen LogP) is 2.21. The van der Waals surface area contributed by atoms with Gasteiger partial charge >= 0.3 is 5.97 Å². The van der Waals surface area contributed by atoms with E-state index in [2.05, 4.69) is 9.46 Å². The normalized spacial score (nSPS) is 13.2. The molecule has 7 heteroatoms. The molecule has 0 spiro atoms. The minimum Gasteiger partial charge on any atom is -0.468 e. The van der Waals surface area contributed by atoms with Gasteiger partial charge in [-0.15, -0.1) is 0 Å². The van der Waals surface area contributed by atoms with Crippen LogP contribution in [0.1, 0.15) is 20.3 Å². The van der Waals surface area contributed by atoms with Crippen molar-refractivity contribution in [1.29, 1.82) is 0 Å². The quantitative estimate of drug-likeness (QED) is 0.816. The van der Waals surface area contributed by atoms with Gasteiger partial charge in [0.15, 0.2) is 0 Å². The van der Waals surface area contributed by atoms with Gasteiger partial charge in [-0.1, -0.05) is 31.5 Å². The van der Waals surface area contributed by atoms with Crippen molar-refractivity contribution in [1.82, 2.24) is 4.72 Å². The molecule has 0 heterocycles. The highest BCUT2D eigenvalue weighted by atomic mass is 35.5. The Balaban J connectivity index is 2.99. The molecule has 0 saturated carbocycles. The molecule has 0 aliphatic heterocycles. The van der Waals surface area contributed by atoms with Crippen molar-refractivity contribution in [3.8, 4) is 0 Å². The van der Waals surface area contributed by atoms with Gasteiger partial charge in [-0.05, 0) is 30.5 Å². The highest BCUT2D eigenvalue weighted by Crippen LogP contribution is 2.17. The van der Waals surface area contributed by atoms with Crippen LogP contribution in [0.3, 0.4) is 0 Å². The third kappa shape index (κ3) is 4.77. The summed E-state index contributed by atoms with van der Waals surface area (Å²) in [6.45, 7) is 3.78. The number of hydrogen-bond acceptors (Lipinski definition) is 4. The number of sulfonamides is 1. The third-order valence-electron chi connectivity index (χ3n) is 2.60. The second-order valence-electron chi connectivity index (χ2n) is 4.78. The highest BCUT2D eigenvalue weighted by Gasteiger charge is 2.27. The van der Waals surface area contributed by atoms with E-state index in [9.17, 15) is 13.2 Å². The number of rotatable bonds is 6. The number of nitrogens with one attached hydrogen (secondary N) is 1. The first kappa shape index (κ1) is 16.9. The zero-order valence-electron chi connectivity index (χ0n) is 11.6. The van der Waals surface area contributed by atoms with Crippen molar-refractivity contribution >= 4 is 27.6 Å². The monoisotopic (exact) mass is 319 g/mol. The molecule has 112 valence electrons. The molecule has 0 aliphatic carbocycles. The Morgan fingerprint density at radius 3 is 2.55 bits per heavy atom. The molecule has 0 saturated heterocycles. The van der Waals surface area contributed by atoms with Crippen LogP contribution in [-0.2, 0) is 19.6 Å². The van der Waals surface area contributed by atoms with Gasteiger partial charge in [-0.3, -0.25) is 4.79 Å². The van der Waals surface area contributed by atoms with Crippen molar-refractivity contribution in [2.24, 2.45) is 5.92 Å². The van der Waals surface area contributed by atoms with E-state index in [1.807, 2.05) is 13.8 Å². The first-order valence-corrected chi connectivity index (χ1v) is 7.98. The van der Waals surface area contributed by atoms with E-state index in [-0.39, 0.29) is 10.8 Å². The summed E-state index contributed by atoms with van der Waals surface area (Å²) in [5, 5.41) is 0.311. The van der Waals surface area contributed by atoms with Crippen LogP contribution in [0.2, 0.25) is 5.02 Å². The molecule has 20 heavy (non-hydrogen) atoms. The van der Waals surface area contributed by atoms with Crippen LogP contribution in [0, 0.1) is 5.92 Å². The maximum Gasteiger partial charge on any atom is 0.323 e. The average molecular weight is 320 g/mol. The van der Waals surface area contributed by atoms with Crippen LogP contribution in [-0.4, -0.2) is 27.5 Å². The molecular formula is C13H18ClNO4S. The molecule has 1 aromatic carbocycles. The lowest BCUT2D eigenvalue weighted by Crippen LogP contribution is -2.42. The SMILES string of the molecule is COC(=O)C(CC(C)C)NS(=O)(=O)c1cccc(Cl)c1. The lowest BCUT2D eigenvalue weighted by molar-refractivity contribution is -0.143.